The number of halogens is 1. The standard InChI is InChI=1S/C19H14ClN5O3/c20-11-4-3-5-12(8-11)25-18(27)13(17(26)24-19(25)28)9-21-10-16-22-14-6-1-2-7-15(14)23-16/h1-9,27H,10H2,(H,22,23)(H,24,26,28). The molecule has 0 saturated heterocycles. The first-order valence-corrected chi connectivity index (χ1v) is 8.68. The lowest BCUT2D eigenvalue weighted by molar-refractivity contribution is 0.430. The van der Waals surface area contributed by atoms with Crippen LogP contribution in [0.1, 0.15) is 11.4 Å². The average Bonchev–Trinajstić information content (AvgIpc) is 3.07. The van der Waals surface area contributed by atoms with E-state index in [4.69, 9.17) is 11.6 Å². The number of aromatic hydroxyl groups is 1. The van der Waals surface area contributed by atoms with Gasteiger partial charge in [0.25, 0.3) is 5.56 Å². The van der Waals surface area contributed by atoms with Crippen LogP contribution in [0.3, 0.4) is 0 Å². The Kier molecular flexibility index (Phi) is 4.54. The number of hydrogen-bond donors (Lipinski definition) is 3. The first kappa shape index (κ1) is 17.7. The molecule has 0 saturated carbocycles. The van der Waals surface area contributed by atoms with Crippen molar-refractivity contribution < 1.29 is 5.11 Å². The highest BCUT2D eigenvalue weighted by Crippen LogP contribution is 2.19. The quantitative estimate of drug-likeness (QED) is 0.460. The van der Waals surface area contributed by atoms with Crippen LogP contribution in [0.5, 0.6) is 5.88 Å². The number of nitrogens with one attached hydrogen (secondary N) is 2. The molecule has 0 bridgehead atoms. The Balaban J connectivity index is 1.69. The topological polar surface area (TPSA) is 116 Å². The van der Waals surface area contributed by atoms with Gasteiger partial charge >= 0.3 is 5.69 Å². The summed E-state index contributed by atoms with van der Waals surface area (Å²) in [6.45, 7) is 0.170. The van der Waals surface area contributed by atoms with Crippen LogP contribution in [0, 0.1) is 0 Å². The molecule has 8 nitrogen and oxygen atoms in total. The molecule has 0 aliphatic carbocycles. The van der Waals surface area contributed by atoms with E-state index in [2.05, 4.69) is 19.9 Å². The predicted molar refractivity (Wildman–Crippen MR) is 107 cm³/mol. The summed E-state index contributed by atoms with van der Waals surface area (Å²) in [5, 5.41) is 10.9. The van der Waals surface area contributed by atoms with E-state index in [1.165, 1.54) is 12.3 Å². The van der Waals surface area contributed by atoms with Gasteiger partial charge in [-0.05, 0) is 30.3 Å². The lowest BCUT2D eigenvalue weighted by atomic mass is 10.3. The van der Waals surface area contributed by atoms with Crippen LogP contribution >= 0.6 is 11.6 Å². The summed E-state index contributed by atoms with van der Waals surface area (Å²) in [4.78, 5) is 38.1. The number of benzene rings is 2. The minimum Gasteiger partial charge on any atom is -0.493 e. The van der Waals surface area contributed by atoms with Gasteiger partial charge in [-0.2, -0.15) is 0 Å². The van der Waals surface area contributed by atoms with Crippen molar-refractivity contribution in [2.45, 2.75) is 6.54 Å². The molecule has 0 fully saturated rings. The van der Waals surface area contributed by atoms with Crippen molar-refractivity contribution in [1.82, 2.24) is 19.5 Å². The van der Waals surface area contributed by atoms with Crippen molar-refractivity contribution in [1.29, 1.82) is 0 Å². The third-order valence-corrected chi connectivity index (χ3v) is 4.32. The molecule has 28 heavy (non-hydrogen) atoms. The van der Waals surface area contributed by atoms with Gasteiger partial charge in [-0.25, -0.2) is 14.3 Å². The molecule has 2 aromatic carbocycles. The number of hydrogen-bond acceptors (Lipinski definition) is 5. The first-order valence-electron chi connectivity index (χ1n) is 8.30. The van der Waals surface area contributed by atoms with Crippen LogP contribution in [0.2, 0.25) is 5.02 Å². The number of aromatic nitrogens is 4. The minimum atomic E-state index is -0.779. The number of para-hydroxylation sites is 2. The van der Waals surface area contributed by atoms with Gasteiger partial charge in [0.1, 0.15) is 11.4 Å². The Morgan fingerprint density at radius 1 is 1.14 bits per heavy atom. The van der Waals surface area contributed by atoms with Crippen LogP contribution in [0.25, 0.3) is 16.7 Å². The lowest BCUT2D eigenvalue weighted by Gasteiger charge is -2.09. The monoisotopic (exact) mass is 395 g/mol. The SMILES string of the molecule is O=c1[nH]c(=O)n(-c2cccc(Cl)c2)c(O)c1C=NCc1nc2ccccc2[nH]1. The Morgan fingerprint density at radius 3 is 2.75 bits per heavy atom. The normalized spacial score (nSPS) is 11.5. The summed E-state index contributed by atoms with van der Waals surface area (Å²) in [7, 11) is 0. The number of fused-ring (bicyclic) bond motifs is 1. The molecule has 4 aromatic rings. The molecule has 0 spiro atoms. The molecule has 3 N–H and O–H groups in total. The van der Waals surface area contributed by atoms with Crippen LogP contribution in [0.4, 0.5) is 0 Å². The molecule has 2 aromatic heterocycles. The minimum absolute atomic E-state index is 0.143. The fraction of sp³-hybridized carbons (Fsp3) is 0.0526. The van der Waals surface area contributed by atoms with Crippen LogP contribution in [-0.2, 0) is 6.54 Å². The van der Waals surface area contributed by atoms with Crippen LogP contribution in [-0.4, -0.2) is 30.8 Å². The van der Waals surface area contributed by atoms with E-state index >= 15 is 0 Å². The van der Waals surface area contributed by atoms with Crippen molar-refractivity contribution in [3.05, 3.63) is 85.8 Å². The van der Waals surface area contributed by atoms with Crippen molar-refractivity contribution in [3.63, 3.8) is 0 Å². The zero-order valence-electron chi connectivity index (χ0n) is 14.4. The molecule has 0 aliphatic rings. The van der Waals surface area contributed by atoms with E-state index in [0.717, 1.165) is 15.6 Å². The summed E-state index contributed by atoms with van der Waals surface area (Å²) in [6.07, 6.45) is 1.21. The maximum absolute atomic E-state index is 12.2. The second kappa shape index (κ2) is 7.16. The van der Waals surface area contributed by atoms with E-state index in [1.807, 2.05) is 24.3 Å². The summed E-state index contributed by atoms with van der Waals surface area (Å²) in [6, 6.07) is 13.9. The van der Waals surface area contributed by atoms with Gasteiger partial charge in [-0.15, -0.1) is 0 Å². The van der Waals surface area contributed by atoms with E-state index in [1.54, 1.807) is 18.2 Å². The van der Waals surface area contributed by atoms with Gasteiger partial charge in [0.15, 0.2) is 0 Å². The van der Waals surface area contributed by atoms with Gasteiger partial charge in [0.05, 0.1) is 23.3 Å². The third-order valence-electron chi connectivity index (χ3n) is 4.09. The third kappa shape index (κ3) is 3.33. The average molecular weight is 396 g/mol. The smallest absolute Gasteiger partial charge is 0.335 e. The van der Waals surface area contributed by atoms with Gasteiger partial charge in [-0.1, -0.05) is 29.8 Å². The molecular weight excluding hydrogens is 382 g/mol. The van der Waals surface area contributed by atoms with Crippen LogP contribution < -0.4 is 11.2 Å². The molecule has 0 radical (unpaired) electrons. The van der Waals surface area contributed by atoms with Crippen molar-refractivity contribution in [2.24, 2.45) is 4.99 Å². The fourth-order valence-electron chi connectivity index (χ4n) is 2.81. The van der Waals surface area contributed by atoms with E-state index in [0.29, 0.717) is 16.5 Å². The largest absolute Gasteiger partial charge is 0.493 e. The molecule has 140 valence electrons. The highest BCUT2D eigenvalue weighted by molar-refractivity contribution is 6.30. The maximum atomic E-state index is 12.2. The molecule has 0 unspecified atom stereocenters. The highest BCUT2D eigenvalue weighted by atomic mass is 35.5. The van der Waals surface area contributed by atoms with E-state index in [9.17, 15) is 14.7 Å². The summed E-state index contributed by atoms with van der Waals surface area (Å²) in [5.41, 5.74) is 0.341. The van der Waals surface area contributed by atoms with Gasteiger partial charge in [0, 0.05) is 11.2 Å². The Bertz CT molecular complexity index is 1290. The molecular formula is C19H14ClN5O3. The lowest BCUT2D eigenvalue weighted by Crippen LogP contribution is -2.31. The zero-order valence-corrected chi connectivity index (χ0v) is 15.1. The van der Waals surface area contributed by atoms with Crippen molar-refractivity contribution in [3.8, 4) is 11.6 Å². The Hall–Kier alpha value is -3.65. The first-order chi connectivity index (χ1) is 13.5. The molecule has 2 heterocycles. The Labute approximate surface area is 162 Å². The van der Waals surface area contributed by atoms with Gasteiger partial charge in [-0.3, -0.25) is 14.8 Å². The summed E-state index contributed by atoms with van der Waals surface area (Å²) < 4.78 is 0.954. The highest BCUT2D eigenvalue weighted by Gasteiger charge is 2.14. The van der Waals surface area contributed by atoms with Crippen molar-refractivity contribution in [2.75, 3.05) is 0 Å². The van der Waals surface area contributed by atoms with Gasteiger partial charge in [0.2, 0.25) is 5.88 Å². The molecule has 9 heteroatoms. The molecule has 4 rings (SSSR count). The second-order valence-corrected chi connectivity index (χ2v) is 6.42. The van der Waals surface area contributed by atoms with Crippen molar-refractivity contribution >= 4 is 28.8 Å². The van der Waals surface area contributed by atoms with E-state index in [-0.39, 0.29) is 12.1 Å². The zero-order chi connectivity index (χ0) is 19.7. The fourth-order valence-corrected chi connectivity index (χ4v) is 3.00. The van der Waals surface area contributed by atoms with Crippen LogP contribution in [0.15, 0.2) is 63.1 Å². The second-order valence-electron chi connectivity index (χ2n) is 5.98. The maximum Gasteiger partial charge on any atom is 0.335 e. The number of H-pyrrole nitrogens is 2. The number of imidazole rings is 1. The number of rotatable bonds is 4. The molecule has 0 atom stereocenters. The molecule has 0 amide bonds. The number of nitrogens with zero attached hydrogens (tertiary/aromatic N) is 3. The Morgan fingerprint density at radius 2 is 1.96 bits per heavy atom. The number of aromatic amines is 2. The summed E-state index contributed by atoms with van der Waals surface area (Å²) >= 11 is 5.95. The predicted octanol–water partition coefficient (Wildman–Crippen LogP) is 2.38. The molecule has 0 aliphatic heterocycles. The van der Waals surface area contributed by atoms with E-state index < -0.39 is 17.1 Å². The van der Waals surface area contributed by atoms with Gasteiger partial charge < -0.3 is 10.1 Å². The summed E-state index contributed by atoms with van der Waals surface area (Å²) in [5.74, 6) is 0.0842. The number of aliphatic imine (C=N–C) groups is 1.